The van der Waals surface area contributed by atoms with Crippen molar-refractivity contribution in [1.82, 2.24) is 10.2 Å². The van der Waals surface area contributed by atoms with Crippen molar-refractivity contribution in [2.24, 2.45) is 4.99 Å². The highest BCUT2D eigenvalue weighted by molar-refractivity contribution is 7.92. The lowest BCUT2D eigenvalue weighted by atomic mass is 10.2. The molecule has 0 fully saturated rings. The maximum Gasteiger partial charge on any atom is 0.229 e. The summed E-state index contributed by atoms with van der Waals surface area (Å²) >= 11 is 0. The minimum absolute atomic E-state index is 0.440. The average Bonchev–Trinajstić information content (AvgIpc) is 2.63. The number of aliphatic imine (C=N–C) groups is 1. The van der Waals surface area contributed by atoms with Crippen molar-refractivity contribution in [3.8, 4) is 5.75 Å². The lowest BCUT2D eigenvalue weighted by molar-refractivity contribution is 0.281. The molecule has 2 rings (SSSR count). The molecule has 0 bridgehead atoms. The molecule has 2 aromatic rings. The van der Waals surface area contributed by atoms with Gasteiger partial charge in [-0.15, -0.1) is 0 Å². The molecule has 0 spiro atoms. The van der Waals surface area contributed by atoms with Gasteiger partial charge in [-0.1, -0.05) is 36.4 Å². The number of nitrogens with one attached hydrogen (secondary N) is 2. The number of hydrogen-bond donors (Lipinski definition) is 2. The Hall–Kier alpha value is -2.74. The van der Waals surface area contributed by atoms with Gasteiger partial charge in [0.15, 0.2) is 5.96 Å². The first-order chi connectivity index (χ1) is 12.9. The second-order valence-corrected chi connectivity index (χ2v) is 7.76. The average molecular weight is 391 g/mol. The second-order valence-electron chi connectivity index (χ2n) is 6.02. The van der Waals surface area contributed by atoms with Crippen molar-refractivity contribution in [2.75, 3.05) is 38.2 Å². The maximum atomic E-state index is 11.5. The number of ether oxygens (including phenoxy) is 1. The lowest BCUT2D eigenvalue weighted by Crippen LogP contribution is -2.40. The van der Waals surface area contributed by atoms with Gasteiger partial charge in [-0.3, -0.25) is 9.71 Å². The third-order valence-electron chi connectivity index (χ3n) is 3.76. The zero-order chi connectivity index (χ0) is 19.7. The highest BCUT2D eigenvalue weighted by Crippen LogP contribution is 2.16. The van der Waals surface area contributed by atoms with Crippen molar-refractivity contribution in [2.45, 2.75) is 6.54 Å². The van der Waals surface area contributed by atoms with Crippen molar-refractivity contribution >= 4 is 21.7 Å². The molecule has 0 saturated carbocycles. The van der Waals surface area contributed by atoms with E-state index >= 15 is 0 Å². The molecular weight excluding hydrogens is 364 g/mol. The molecule has 2 N–H and O–H groups in total. The van der Waals surface area contributed by atoms with Crippen LogP contribution in [0.25, 0.3) is 0 Å². The highest BCUT2D eigenvalue weighted by atomic mass is 32.2. The van der Waals surface area contributed by atoms with E-state index in [1.807, 2.05) is 54.4 Å². The van der Waals surface area contributed by atoms with E-state index in [-0.39, 0.29) is 0 Å². The molecule has 0 amide bonds. The minimum Gasteiger partial charge on any atom is -0.492 e. The van der Waals surface area contributed by atoms with E-state index < -0.39 is 10.0 Å². The smallest absolute Gasteiger partial charge is 0.229 e. The highest BCUT2D eigenvalue weighted by Gasteiger charge is 2.10. The first-order valence-corrected chi connectivity index (χ1v) is 10.4. The monoisotopic (exact) mass is 390 g/mol. The van der Waals surface area contributed by atoms with Crippen LogP contribution >= 0.6 is 0 Å². The Morgan fingerprint density at radius 2 is 1.78 bits per heavy atom. The molecule has 0 aromatic heterocycles. The van der Waals surface area contributed by atoms with Gasteiger partial charge in [-0.05, 0) is 23.8 Å². The Kier molecular flexibility index (Phi) is 7.48. The summed E-state index contributed by atoms with van der Waals surface area (Å²) in [4.78, 5) is 6.22. The number of hydrogen-bond acceptors (Lipinski definition) is 4. The van der Waals surface area contributed by atoms with Crippen LogP contribution in [0.4, 0.5) is 5.69 Å². The predicted molar refractivity (Wildman–Crippen MR) is 110 cm³/mol. The molecule has 0 aliphatic rings. The Labute approximate surface area is 161 Å². The Balaban J connectivity index is 1.90. The van der Waals surface area contributed by atoms with Crippen molar-refractivity contribution < 1.29 is 13.2 Å². The Morgan fingerprint density at radius 1 is 1.11 bits per heavy atom. The summed E-state index contributed by atoms with van der Waals surface area (Å²) in [6.45, 7) is 1.61. The van der Waals surface area contributed by atoms with Crippen LogP contribution in [-0.2, 0) is 16.6 Å². The number of anilines is 1. The zero-order valence-electron chi connectivity index (χ0n) is 15.8. The largest absolute Gasteiger partial charge is 0.492 e. The van der Waals surface area contributed by atoms with Crippen LogP contribution in [0.1, 0.15) is 5.56 Å². The van der Waals surface area contributed by atoms with Gasteiger partial charge in [-0.25, -0.2) is 8.42 Å². The second kappa shape index (κ2) is 9.82. The van der Waals surface area contributed by atoms with Crippen LogP contribution in [-0.4, -0.2) is 52.8 Å². The molecule has 146 valence electrons. The quantitative estimate of drug-likeness (QED) is 0.533. The third-order valence-corrected chi connectivity index (χ3v) is 4.35. The normalized spacial score (nSPS) is 11.7. The van der Waals surface area contributed by atoms with Crippen molar-refractivity contribution in [3.05, 3.63) is 60.2 Å². The molecular formula is C19H26N4O3S. The summed E-state index contributed by atoms with van der Waals surface area (Å²) in [6, 6.07) is 16.9. The Morgan fingerprint density at radius 3 is 2.44 bits per heavy atom. The fourth-order valence-electron chi connectivity index (χ4n) is 2.46. The molecule has 0 radical (unpaired) electrons. The maximum absolute atomic E-state index is 11.5. The number of guanidine groups is 1. The molecule has 27 heavy (non-hydrogen) atoms. The van der Waals surface area contributed by atoms with Gasteiger partial charge < -0.3 is 15.0 Å². The van der Waals surface area contributed by atoms with E-state index in [0.717, 1.165) is 17.6 Å². The topological polar surface area (TPSA) is 83.0 Å². The van der Waals surface area contributed by atoms with Crippen LogP contribution in [0.15, 0.2) is 59.6 Å². The van der Waals surface area contributed by atoms with Crippen molar-refractivity contribution in [3.63, 3.8) is 0 Å². The lowest BCUT2D eigenvalue weighted by Gasteiger charge is -2.22. The van der Waals surface area contributed by atoms with Gasteiger partial charge in [0.05, 0.1) is 18.5 Å². The van der Waals surface area contributed by atoms with Gasteiger partial charge in [0.2, 0.25) is 10.0 Å². The van der Waals surface area contributed by atoms with Gasteiger partial charge in [0.1, 0.15) is 12.4 Å². The number of rotatable bonds is 8. The summed E-state index contributed by atoms with van der Waals surface area (Å²) < 4.78 is 31.3. The minimum atomic E-state index is -3.33. The molecule has 0 atom stereocenters. The summed E-state index contributed by atoms with van der Waals surface area (Å²) in [5, 5.41) is 3.25. The first kappa shape index (κ1) is 20.6. The van der Waals surface area contributed by atoms with Crippen LogP contribution in [0.2, 0.25) is 0 Å². The number of likely N-dealkylation sites (N-methyl/N-ethyl adjacent to an activating group) is 1. The summed E-state index contributed by atoms with van der Waals surface area (Å²) in [6.07, 6.45) is 1.14. The molecule has 0 unspecified atom stereocenters. The van der Waals surface area contributed by atoms with Crippen LogP contribution < -0.4 is 14.8 Å². The van der Waals surface area contributed by atoms with Gasteiger partial charge in [-0.2, -0.15) is 0 Å². The third kappa shape index (κ3) is 7.18. The molecule has 2 aromatic carbocycles. The van der Waals surface area contributed by atoms with Crippen molar-refractivity contribution in [1.29, 1.82) is 0 Å². The van der Waals surface area contributed by atoms with E-state index in [0.29, 0.717) is 31.3 Å². The van der Waals surface area contributed by atoms with Crippen LogP contribution in [0.5, 0.6) is 5.75 Å². The standard InChI is InChI=1S/C19H26N4O3S/c1-20-19(23(2)13-14-26-17-10-5-4-6-11-17)21-15-16-9-7-8-12-18(16)22-27(3,24)25/h4-12,22H,13-15H2,1-3H3,(H,20,21). The number of para-hydroxylation sites is 2. The van der Waals surface area contributed by atoms with E-state index in [1.165, 1.54) is 0 Å². The number of sulfonamides is 1. The first-order valence-electron chi connectivity index (χ1n) is 8.54. The fraction of sp³-hybridized carbons (Fsp3) is 0.316. The van der Waals surface area contributed by atoms with Gasteiger partial charge in [0, 0.05) is 20.6 Å². The summed E-state index contributed by atoms with van der Waals surface area (Å²) in [5.74, 6) is 1.52. The summed E-state index contributed by atoms with van der Waals surface area (Å²) in [5.41, 5.74) is 1.39. The number of benzene rings is 2. The van der Waals surface area contributed by atoms with Gasteiger partial charge >= 0.3 is 0 Å². The molecule has 0 aliphatic carbocycles. The molecule has 0 heterocycles. The van der Waals surface area contributed by atoms with Crippen LogP contribution in [0, 0.1) is 0 Å². The Bertz CT molecular complexity index is 854. The van der Waals surface area contributed by atoms with E-state index in [1.54, 1.807) is 19.2 Å². The molecule has 7 nitrogen and oxygen atoms in total. The molecule has 0 aliphatic heterocycles. The molecule has 0 saturated heterocycles. The predicted octanol–water partition coefficient (Wildman–Crippen LogP) is 2.14. The van der Waals surface area contributed by atoms with E-state index in [2.05, 4.69) is 15.0 Å². The summed E-state index contributed by atoms with van der Waals surface area (Å²) in [7, 11) is 0.293. The SMILES string of the molecule is CN=C(NCc1ccccc1NS(C)(=O)=O)N(C)CCOc1ccccc1. The zero-order valence-corrected chi connectivity index (χ0v) is 16.7. The molecule has 8 heteroatoms. The van der Waals surface area contributed by atoms with E-state index in [4.69, 9.17) is 4.74 Å². The van der Waals surface area contributed by atoms with Gasteiger partial charge in [0.25, 0.3) is 0 Å². The van der Waals surface area contributed by atoms with Crippen LogP contribution in [0.3, 0.4) is 0 Å². The fourth-order valence-corrected chi connectivity index (χ4v) is 3.05. The van der Waals surface area contributed by atoms with E-state index in [9.17, 15) is 8.42 Å². The number of nitrogens with zero attached hydrogens (tertiary/aromatic N) is 2.